The Bertz CT molecular complexity index is 520. The van der Waals surface area contributed by atoms with Crippen molar-refractivity contribution in [2.75, 3.05) is 13.2 Å². The van der Waals surface area contributed by atoms with Gasteiger partial charge < -0.3 is 9.47 Å². The Hall–Kier alpha value is -0.860. The number of ether oxygens (including phenoxy) is 2. The maximum absolute atomic E-state index is 5.90. The molecule has 19 heavy (non-hydrogen) atoms. The number of hydrogen-bond donors (Lipinski definition) is 0. The Balaban J connectivity index is 1.51. The zero-order chi connectivity index (χ0) is 12.5. The van der Waals surface area contributed by atoms with Crippen molar-refractivity contribution in [2.24, 2.45) is 5.92 Å². The molecule has 0 N–H and O–H groups in total. The molecule has 1 aromatic rings. The van der Waals surface area contributed by atoms with Gasteiger partial charge in [0.15, 0.2) is 5.79 Å². The fourth-order valence-corrected chi connectivity index (χ4v) is 5.13. The summed E-state index contributed by atoms with van der Waals surface area (Å²) in [5.74, 6) is 1.58. The molecule has 3 aliphatic carbocycles. The second-order valence-corrected chi connectivity index (χ2v) is 6.80. The second-order valence-electron chi connectivity index (χ2n) is 6.80. The molecule has 3 fully saturated rings. The molecule has 1 heterocycles. The largest absolute Gasteiger partial charge is 0.348 e. The van der Waals surface area contributed by atoms with E-state index >= 15 is 0 Å². The zero-order valence-corrected chi connectivity index (χ0v) is 11.2. The summed E-state index contributed by atoms with van der Waals surface area (Å²) in [6.45, 7) is 1.57. The van der Waals surface area contributed by atoms with Crippen LogP contribution in [0.5, 0.6) is 0 Å². The normalized spacial score (nSPS) is 36.4. The molecule has 2 nitrogen and oxygen atoms in total. The Morgan fingerprint density at radius 3 is 2.47 bits per heavy atom. The van der Waals surface area contributed by atoms with Gasteiger partial charge in [0, 0.05) is 12.8 Å². The van der Waals surface area contributed by atoms with E-state index in [2.05, 4.69) is 24.3 Å². The van der Waals surface area contributed by atoms with E-state index < -0.39 is 0 Å². The third-order valence-electron chi connectivity index (χ3n) is 6.11. The molecule has 2 spiro atoms. The number of fused-ring (bicyclic) bond motifs is 5. The fourth-order valence-electron chi connectivity index (χ4n) is 5.13. The van der Waals surface area contributed by atoms with Gasteiger partial charge in [-0.1, -0.05) is 24.3 Å². The zero-order valence-electron chi connectivity index (χ0n) is 11.2. The lowest BCUT2D eigenvalue weighted by Crippen LogP contribution is -2.42. The minimum absolute atomic E-state index is 0.215. The first-order chi connectivity index (χ1) is 9.33. The van der Waals surface area contributed by atoms with Crippen molar-refractivity contribution >= 4 is 0 Å². The molecule has 5 rings (SSSR count). The van der Waals surface area contributed by atoms with Gasteiger partial charge in [-0.05, 0) is 47.6 Å². The molecule has 1 saturated heterocycles. The van der Waals surface area contributed by atoms with Gasteiger partial charge in [-0.2, -0.15) is 0 Å². The standard InChI is InChI=1S/C17H20O2/c1-2-4-14-12(3-1)13-11-15(13)16(14)5-7-17(8-6-16)18-9-10-19-17/h1-4,13,15H,5-11H2. The smallest absolute Gasteiger partial charge is 0.168 e. The quantitative estimate of drug-likeness (QED) is 0.708. The van der Waals surface area contributed by atoms with E-state index in [4.69, 9.17) is 9.47 Å². The summed E-state index contributed by atoms with van der Waals surface area (Å²) in [5.41, 5.74) is 3.77. The number of rotatable bonds is 0. The van der Waals surface area contributed by atoms with Crippen LogP contribution in [0.25, 0.3) is 0 Å². The van der Waals surface area contributed by atoms with E-state index in [1.54, 1.807) is 11.1 Å². The van der Waals surface area contributed by atoms with Crippen molar-refractivity contribution in [1.82, 2.24) is 0 Å². The fraction of sp³-hybridized carbons (Fsp3) is 0.647. The highest BCUT2D eigenvalue weighted by atomic mass is 16.7. The van der Waals surface area contributed by atoms with Gasteiger partial charge in [0.2, 0.25) is 0 Å². The lowest BCUT2D eigenvalue weighted by molar-refractivity contribution is -0.186. The van der Waals surface area contributed by atoms with Crippen molar-refractivity contribution in [3.8, 4) is 0 Å². The summed E-state index contributed by atoms with van der Waals surface area (Å²) < 4.78 is 11.8. The van der Waals surface area contributed by atoms with Crippen molar-refractivity contribution < 1.29 is 9.47 Å². The maximum atomic E-state index is 5.90. The highest BCUT2D eigenvalue weighted by Gasteiger charge is 2.62. The molecule has 0 amide bonds. The van der Waals surface area contributed by atoms with E-state index in [1.807, 2.05) is 0 Å². The van der Waals surface area contributed by atoms with E-state index in [0.717, 1.165) is 37.9 Å². The van der Waals surface area contributed by atoms with Gasteiger partial charge in [-0.15, -0.1) is 0 Å². The van der Waals surface area contributed by atoms with Crippen molar-refractivity contribution in [1.29, 1.82) is 0 Å². The van der Waals surface area contributed by atoms with Gasteiger partial charge in [0.1, 0.15) is 0 Å². The van der Waals surface area contributed by atoms with Crippen LogP contribution in [0.1, 0.15) is 49.1 Å². The van der Waals surface area contributed by atoms with Crippen LogP contribution < -0.4 is 0 Å². The molecule has 2 heteroatoms. The Labute approximate surface area is 114 Å². The summed E-state index contributed by atoms with van der Waals surface area (Å²) in [7, 11) is 0. The predicted octanol–water partition coefficient (Wildman–Crippen LogP) is 3.36. The van der Waals surface area contributed by atoms with Crippen LogP contribution in [0.4, 0.5) is 0 Å². The van der Waals surface area contributed by atoms with Crippen LogP contribution in [0.3, 0.4) is 0 Å². The first-order valence-corrected chi connectivity index (χ1v) is 7.70. The highest BCUT2D eigenvalue weighted by molar-refractivity contribution is 5.49. The summed E-state index contributed by atoms with van der Waals surface area (Å²) in [4.78, 5) is 0. The SMILES string of the molecule is c1ccc2c(c1)C1CC1C21CCC2(CC1)OCCO2. The summed E-state index contributed by atoms with van der Waals surface area (Å²) in [6.07, 6.45) is 6.11. The average molecular weight is 256 g/mol. The summed E-state index contributed by atoms with van der Waals surface area (Å²) in [5, 5.41) is 0. The van der Waals surface area contributed by atoms with Gasteiger partial charge >= 0.3 is 0 Å². The molecule has 0 aromatic heterocycles. The van der Waals surface area contributed by atoms with E-state index in [0.29, 0.717) is 5.41 Å². The number of benzene rings is 1. The van der Waals surface area contributed by atoms with Crippen LogP contribution in [-0.2, 0) is 14.9 Å². The van der Waals surface area contributed by atoms with Crippen LogP contribution in [0.15, 0.2) is 24.3 Å². The third-order valence-corrected chi connectivity index (χ3v) is 6.11. The van der Waals surface area contributed by atoms with Crippen molar-refractivity contribution in [2.45, 2.75) is 49.2 Å². The average Bonchev–Trinajstić information content (AvgIpc) is 3.07. The first-order valence-electron chi connectivity index (χ1n) is 7.70. The molecular weight excluding hydrogens is 236 g/mol. The monoisotopic (exact) mass is 256 g/mol. The van der Waals surface area contributed by atoms with Crippen molar-refractivity contribution in [3.63, 3.8) is 0 Å². The topological polar surface area (TPSA) is 18.5 Å². The molecule has 4 aliphatic rings. The molecule has 2 saturated carbocycles. The van der Waals surface area contributed by atoms with Gasteiger partial charge in [-0.25, -0.2) is 0 Å². The Morgan fingerprint density at radius 1 is 0.947 bits per heavy atom. The molecule has 2 unspecified atom stereocenters. The summed E-state index contributed by atoms with van der Waals surface area (Å²) in [6, 6.07) is 9.18. The minimum atomic E-state index is -0.215. The Kier molecular flexibility index (Phi) is 1.96. The summed E-state index contributed by atoms with van der Waals surface area (Å²) >= 11 is 0. The number of hydrogen-bond acceptors (Lipinski definition) is 2. The lowest BCUT2D eigenvalue weighted by atomic mass is 9.66. The van der Waals surface area contributed by atoms with Crippen molar-refractivity contribution in [3.05, 3.63) is 35.4 Å². The molecule has 1 aromatic carbocycles. The lowest BCUT2D eigenvalue weighted by Gasteiger charge is -2.43. The maximum Gasteiger partial charge on any atom is 0.168 e. The molecular formula is C17H20O2. The van der Waals surface area contributed by atoms with Gasteiger partial charge in [-0.3, -0.25) is 0 Å². The highest BCUT2D eigenvalue weighted by Crippen LogP contribution is 2.70. The third kappa shape index (κ3) is 1.29. The molecule has 2 atom stereocenters. The van der Waals surface area contributed by atoms with Gasteiger partial charge in [0.25, 0.3) is 0 Å². The van der Waals surface area contributed by atoms with E-state index in [9.17, 15) is 0 Å². The van der Waals surface area contributed by atoms with E-state index in [1.165, 1.54) is 19.3 Å². The Morgan fingerprint density at radius 2 is 1.68 bits per heavy atom. The minimum Gasteiger partial charge on any atom is -0.348 e. The van der Waals surface area contributed by atoms with Crippen LogP contribution >= 0.6 is 0 Å². The van der Waals surface area contributed by atoms with Crippen LogP contribution in [0, 0.1) is 5.92 Å². The molecule has 1 aliphatic heterocycles. The van der Waals surface area contributed by atoms with E-state index in [-0.39, 0.29) is 5.79 Å². The molecule has 0 bridgehead atoms. The predicted molar refractivity (Wildman–Crippen MR) is 72.1 cm³/mol. The molecule has 0 radical (unpaired) electrons. The van der Waals surface area contributed by atoms with Gasteiger partial charge in [0.05, 0.1) is 13.2 Å². The second kappa shape index (κ2) is 3.42. The van der Waals surface area contributed by atoms with Crippen LogP contribution in [0.2, 0.25) is 0 Å². The first kappa shape index (κ1) is 10.9. The molecule has 100 valence electrons. The van der Waals surface area contributed by atoms with Crippen LogP contribution in [-0.4, -0.2) is 19.0 Å².